The van der Waals surface area contributed by atoms with Gasteiger partial charge < -0.3 is 10.1 Å². The van der Waals surface area contributed by atoms with Gasteiger partial charge in [0.05, 0.1) is 16.0 Å². The van der Waals surface area contributed by atoms with Crippen molar-refractivity contribution in [3.8, 4) is 0 Å². The Bertz CT molecular complexity index is 1140. The van der Waals surface area contributed by atoms with Gasteiger partial charge in [0.25, 0.3) is 0 Å². The van der Waals surface area contributed by atoms with Crippen LogP contribution in [0.25, 0.3) is 10.9 Å². The number of ether oxygens (including phenoxy) is 1. The topological polar surface area (TPSA) is 85.4 Å². The van der Waals surface area contributed by atoms with E-state index in [0.717, 1.165) is 46.3 Å². The SMILES string of the molecule is CC(=O)NCCc1ccc(C(=O)COC(=O)c2c3c(nc4ccccc24)CCC3)s1. The summed E-state index contributed by atoms with van der Waals surface area (Å²) in [5.41, 5.74) is 3.22. The molecule has 2 aromatic heterocycles. The number of nitrogens with zero attached hydrogens (tertiary/aromatic N) is 1. The molecule has 2 heterocycles. The van der Waals surface area contributed by atoms with Crippen LogP contribution in [0.3, 0.4) is 0 Å². The number of carbonyl (C=O) groups excluding carboxylic acids is 3. The van der Waals surface area contributed by atoms with Crippen molar-refractivity contribution in [1.82, 2.24) is 10.3 Å². The zero-order valence-corrected chi connectivity index (χ0v) is 17.5. The lowest BCUT2D eigenvalue weighted by Crippen LogP contribution is -2.22. The molecule has 7 heteroatoms. The van der Waals surface area contributed by atoms with Crippen molar-refractivity contribution in [2.24, 2.45) is 0 Å². The second-order valence-electron chi connectivity index (χ2n) is 7.28. The highest BCUT2D eigenvalue weighted by molar-refractivity contribution is 7.14. The fraction of sp³-hybridized carbons (Fsp3) is 0.304. The Hall–Kier alpha value is -3.06. The predicted octanol–water partition coefficient (Wildman–Crippen LogP) is 3.50. The summed E-state index contributed by atoms with van der Waals surface area (Å²) in [4.78, 5) is 42.6. The molecule has 0 atom stereocenters. The first-order valence-corrected chi connectivity index (χ1v) is 10.8. The number of fused-ring (bicyclic) bond motifs is 2. The summed E-state index contributed by atoms with van der Waals surface area (Å²) in [6, 6.07) is 11.1. The minimum Gasteiger partial charge on any atom is -0.454 e. The van der Waals surface area contributed by atoms with Crippen LogP contribution in [-0.4, -0.2) is 35.8 Å². The van der Waals surface area contributed by atoms with E-state index in [1.807, 2.05) is 30.3 Å². The van der Waals surface area contributed by atoms with E-state index in [-0.39, 0.29) is 18.3 Å². The number of aromatic nitrogens is 1. The Morgan fingerprint density at radius 2 is 1.97 bits per heavy atom. The molecule has 0 saturated carbocycles. The molecule has 3 aromatic rings. The van der Waals surface area contributed by atoms with Crippen molar-refractivity contribution in [2.75, 3.05) is 13.2 Å². The number of ketones is 1. The van der Waals surface area contributed by atoms with E-state index in [1.54, 1.807) is 6.07 Å². The van der Waals surface area contributed by atoms with E-state index in [0.29, 0.717) is 23.4 Å². The van der Waals surface area contributed by atoms with E-state index < -0.39 is 5.97 Å². The number of hydrogen-bond acceptors (Lipinski definition) is 6. The van der Waals surface area contributed by atoms with E-state index in [4.69, 9.17) is 4.74 Å². The van der Waals surface area contributed by atoms with Crippen molar-refractivity contribution in [1.29, 1.82) is 0 Å². The predicted molar refractivity (Wildman–Crippen MR) is 115 cm³/mol. The summed E-state index contributed by atoms with van der Waals surface area (Å²) in [6.45, 7) is 1.70. The van der Waals surface area contributed by atoms with Gasteiger partial charge in [-0.1, -0.05) is 18.2 Å². The second-order valence-corrected chi connectivity index (χ2v) is 8.45. The molecule has 0 saturated heterocycles. The van der Waals surface area contributed by atoms with Crippen molar-refractivity contribution in [3.63, 3.8) is 0 Å². The van der Waals surface area contributed by atoms with E-state index in [2.05, 4.69) is 10.3 Å². The van der Waals surface area contributed by atoms with Gasteiger partial charge in [-0.15, -0.1) is 11.3 Å². The molecule has 0 aliphatic heterocycles. The molecule has 0 radical (unpaired) electrons. The van der Waals surface area contributed by atoms with Gasteiger partial charge in [-0.2, -0.15) is 0 Å². The first-order chi connectivity index (χ1) is 14.5. The highest BCUT2D eigenvalue weighted by Gasteiger charge is 2.25. The van der Waals surface area contributed by atoms with Gasteiger partial charge in [-0.3, -0.25) is 14.6 Å². The molecule has 1 aliphatic carbocycles. The fourth-order valence-electron chi connectivity index (χ4n) is 3.74. The third-order valence-electron chi connectivity index (χ3n) is 5.14. The smallest absolute Gasteiger partial charge is 0.339 e. The summed E-state index contributed by atoms with van der Waals surface area (Å²) in [6.07, 6.45) is 3.28. The first kappa shape index (κ1) is 20.2. The lowest BCUT2D eigenvalue weighted by molar-refractivity contribution is -0.118. The highest BCUT2D eigenvalue weighted by Crippen LogP contribution is 2.30. The maximum absolute atomic E-state index is 12.9. The molecule has 1 amide bonds. The van der Waals surface area contributed by atoms with E-state index >= 15 is 0 Å². The normalized spacial score (nSPS) is 12.6. The third kappa shape index (κ3) is 4.26. The van der Waals surface area contributed by atoms with Gasteiger partial charge >= 0.3 is 5.97 Å². The maximum Gasteiger partial charge on any atom is 0.339 e. The Kier molecular flexibility index (Phi) is 5.90. The number of thiophene rings is 1. The standard InChI is InChI=1S/C23H22N2O4S/c1-14(26)24-12-11-15-9-10-21(30-15)20(27)13-29-23(28)22-16-5-2-3-7-18(16)25-19-8-4-6-17(19)22/h2-3,5,7,9-10H,4,6,8,11-13H2,1H3,(H,24,26). The molecular weight excluding hydrogens is 400 g/mol. The largest absolute Gasteiger partial charge is 0.454 e. The van der Waals surface area contributed by atoms with Crippen LogP contribution in [0.4, 0.5) is 0 Å². The minimum absolute atomic E-state index is 0.0788. The molecular formula is C23H22N2O4S. The quantitative estimate of drug-likeness (QED) is 0.465. The Morgan fingerprint density at radius 3 is 2.80 bits per heavy atom. The third-order valence-corrected chi connectivity index (χ3v) is 6.33. The zero-order valence-electron chi connectivity index (χ0n) is 16.7. The van der Waals surface area contributed by atoms with Crippen molar-refractivity contribution < 1.29 is 19.1 Å². The lowest BCUT2D eigenvalue weighted by atomic mass is 10.0. The van der Waals surface area contributed by atoms with Crippen LogP contribution in [0.1, 0.15) is 49.5 Å². The average molecular weight is 423 g/mol. The van der Waals surface area contributed by atoms with Gasteiger partial charge in [-0.05, 0) is 49.4 Å². The fourth-order valence-corrected chi connectivity index (χ4v) is 4.67. The molecule has 154 valence electrons. The number of carbonyl (C=O) groups is 3. The molecule has 1 aromatic carbocycles. The molecule has 4 rings (SSSR count). The van der Waals surface area contributed by atoms with E-state index in [9.17, 15) is 14.4 Å². The number of aryl methyl sites for hydroxylation is 1. The van der Waals surface area contributed by atoms with Crippen molar-refractivity contribution >= 4 is 39.9 Å². The van der Waals surface area contributed by atoms with Gasteiger partial charge in [0.1, 0.15) is 0 Å². The first-order valence-electron chi connectivity index (χ1n) is 9.97. The monoisotopic (exact) mass is 422 g/mol. The number of pyridine rings is 1. The number of amides is 1. The van der Waals surface area contributed by atoms with Gasteiger partial charge in [-0.25, -0.2) is 4.79 Å². The number of para-hydroxylation sites is 1. The second kappa shape index (κ2) is 8.75. The molecule has 0 bridgehead atoms. The molecule has 0 spiro atoms. The van der Waals surface area contributed by atoms with Gasteiger partial charge in [0.2, 0.25) is 11.7 Å². The Balaban J connectivity index is 1.45. The minimum atomic E-state index is -0.470. The number of esters is 1. The molecule has 6 nitrogen and oxygen atoms in total. The van der Waals surface area contributed by atoms with Crippen LogP contribution in [0.5, 0.6) is 0 Å². The van der Waals surface area contributed by atoms with Crippen LogP contribution in [-0.2, 0) is 28.8 Å². The lowest BCUT2D eigenvalue weighted by Gasteiger charge is -2.11. The van der Waals surface area contributed by atoms with Crippen LogP contribution >= 0.6 is 11.3 Å². The maximum atomic E-state index is 12.9. The van der Waals surface area contributed by atoms with Crippen LogP contribution in [0.2, 0.25) is 0 Å². The Labute approximate surface area is 178 Å². The summed E-state index contributed by atoms with van der Waals surface area (Å²) >= 11 is 1.36. The van der Waals surface area contributed by atoms with Gasteiger partial charge in [0, 0.05) is 29.4 Å². The van der Waals surface area contributed by atoms with Crippen LogP contribution in [0.15, 0.2) is 36.4 Å². The number of hydrogen-bond donors (Lipinski definition) is 1. The number of nitrogens with one attached hydrogen (secondary N) is 1. The zero-order chi connectivity index (χ0) is 21.1. The van der Waals surface area contributed by atoms with Crippen LogP contribution < -0.4 is 5.32 Å². The van der Waals surface area contributed by atoms with Crippen LogP contribution in [0, 0.1) is 0 Å². The summed E-state index contributed by atoms with van der Waals surface area (Å²) in [5, 5.41) is 3.50. The molecule has 1 aliphatic rings. The van der Waals surface area contributed by atoms with E-state index in [1.165, 1.54) is 18.3 Å². The van der Waals surface area contributed by atoms with Crippen molar-refractivity contribution in [3.05, 3.63) is 63.0 Å². The highest BCUT2D eigenvalue weighted by atomic mass is 32.1. The van der Waals surface area contributed by atoms with Gasteiger partial charge in [0.15, 0.2) is 6.61 Å². The molecule has 30 heavy (non-hydrogen) atoms. The number of benzene rings is 1. The average Bonchev–Trinajstić information content (AvgIpc) is 3.39. The summed E-state index contributed by atoms with van der Waals surface area (Å²) in [7, 11) is 0. The number of Topliss-reactive ketones (excluding diaryl/α,β-unsaturated/α-hetero) is 1. The summed E-state index contributed by atoms with van der Waals surface area (Å²) < 4.78 is 5.43. The number of rotatable bonds is 7. The molecule has 0 fully saturated rings. The molecule has 1 N–H and O–H groups in total. The summed E-state index contributed by atoms with van der Waals surface area (Å²) in [5.74, 6) is -0.776. The Morgan fingerprint density at radius 1 is 1.13 bits per heavy atom. The van der Waals surface area contributed by atoms with Crippen molar-refractivity contribution in [2.45, 2.75) is 32.6 Å². The molecule has 0 unspecified atom stereocenters.